The molecule has 0 aliphatic heterocycles. The molecule has 2 bridgehead atoms. The van der Waals surface area contributed by atoms with Crippen LogP contribution in [0.25, 0.3) is 11.3 Å². The van der Waals surface area contributed by atoms with Gasteiger partial charge in [0, 0.05) is 12.0 Å². The highest BCUT2D eigenvalue weighted by Gasteiger charge is 2.65. The van der Waals surface area contributed by atoms with Gasteiger partial charge in [0.05, 0.1) is 17.0 Å². The first-order valence-corrected chi connectivity index (χ1v) is 10.5. The molecule has 5 nitrogen and oxygen atoms in total. The molecule has 2 aliphatic carbocycles. The van der Waals surface area contributed by atoms with Gasteiger partial charge in [0.25, 0.3) is 0 Å². The fourth-order valence-electron chi connectivity index (χ4n) is 5.25. The van der Waals surface area contributed by atoms with E-state index in [1.54, 1.807) is 6.07 Å². The summed E-state index contributed by atoms with van der Waals surface area (Å²) in [5.74, 6) is -1.36. The Morgan fingerprint density at radius 2 is 1.97 bits per heavy atom. The van der Waals surface area contributed by atoms with Crippen LogP contribution in [0.3, 0.4) is 0 Å². The van der Waals surface area contributed by atoms with Gasteiger partial charge in [-0.15, -0.1) is 5.10 Å². The van der Waals surface area contributed by atoms with Crippen LogP contribution < -0.4 is 5.32 Å². The first kappa shape index (κ1) is 20.8. The molecule has 1 N–H and O–H groups in total. The summed E-state index contributed by atoms with van der Waals surface area (Å²) in [6.45, 7) is 8.55. The first-order valence-electron chi connectivity index (χ1n) is 10.5. The topological polar surface area (TPSA) is 64.1 Å². The second-order valence-corrected chi connectivity index (χ2v) is 8.68. The molecule has 0 spiro atoms. The van der Waals surface area contributed by atoms with Crippen molar-refractivity contribution in [3.05, 3.63) is 47.2 Å². The van der Waals surface area contributed by atoms with Crippen LogP contribution in [-0.2, 0) is 15.1 Å². The van der Waals surface area contributed by atoms with Gasteiger partial charge in [-0.1, -0.05) is 26.8 Å². The Morgan fingerprint density at radius 3 is 2.60 bits per heavy atom. The maximum atomic E-state index is 14.3. The Hall–Kier alpha value is -2.41. The minimum atomic E-state index is -0.752. The van der Waals surface area contributed by atoms with Gasteiger partial charge in [0.1, 0.15) is 23.3 Å². The number of aromatic nitrogens is 2. The van der Waals surface area contributed by atoms with Crippen LogP contribution in [0.2, 0.25) is 0 Å². The molecule has 7 heteroatoms. The number of hydrogen-bond donors (Lipinski definition) is 1. The van der Waals surface area contributed by atoms with Gasteiger partial charge < -0.3 is 10.1 Å². The van der Waals surface area contributed by atoms with Crippen LogP contribution in [0.4, 0.5) is 8.78 Å². The van der Waals surface area contributed by atoms with E-state index in [0.29, 0.717) is 18.7 Å². The van der Waals surface area contributed by atoms with Crippen molar-refractivity contribution in [2.75, 3.05) is 6.54 Å². The number of ether oxygens (including phenoxy) is 1. The number of benzene rings is 1. The molecular formula is C23H27F2N3O2. The second kappa shape index (κ2) is 7.38. The number of nitrogens with one attached hydrogen (secondary N) is 1. The Morgan fingerprint density at radius 1 is 1.27 bits per heavy atom. The van der Waals surface area contributed by atoms with E-state index in [-0.39, 0.29) is 28.5 Å². The van der Waals surface area contributed by atoms with Gasteiger partial charge in [0.2, 0.25) is 5.91 Å². The lowest BCUT2D eigenvalue weighted by Gasteiger charge is -2.40. The van der Waals surface area contributed by atoms with Crippen molar-refractivity contribution < 1.29 is 18.3 Å². The third-order valence-corrected chi connectivity index (χ3v) is 6.85. The van der Waals surface area contributed by atoms with Crippen molar-refractivity contribution in [1.29, 1.82) is 0 Å². The zero-order valence-corrected chi connectivity index (χ0v) is 17.8. The normalized spacial score (nSPS) is 24.5. The molecule has 30 heavy (non-hydrogen) atoms. The van der Waals surface area contributed by atoms with E-state index in [4.69, 9.17) is 4.74 Å². The van der Waals surface area contributed by atoms with Crippen molar-refractivity contribution in [1.82, 2.24) is 15.5 Å². The van der Waals surface area contributed by atoms with E-state index in [1.165, 1.54) is 18.2 Å². The molecule has 4 rings (SSSR count). The minimum Gasteiger partial charge on any atom is -0.355 e. The predicted molar refractivity (Wildman–Crippen MR) is 109 cm³/mol. The molecule has 160 valence electrons. The molecule has 1 fully saturated rings. The quantitative estimate of drug-likeness (QED) is 0.756. The lowest BCUT2D eigenvalue weighted by molar-refractivity contribution is -0.168. The molecular weight excluding hydrogens is 388 g/mol. The van der Waals surface area contributed by atoms with Gasteiger partial charge in [-0.2, -0.15) is 5.10 Å². The van der Waals surface area contributed by atoms with Crippen molar-refractivity contribution in [3.8, 4) is 11.3 Å². The monoisotopic (exact) mass is 415 g/mol. The van der Waals surface area contributed by atoms with E-state index in [1.807, 2.05) is 13.8 Å². The molecule has 2 aromatic rings. The summed E-state index contributed by atoms with van der Waals surface area (Å²) in [5.41, 5.74) is 0.529. The highest BCUT2D eigenvalue weighted by molar-refractivity contribution is 5.80. The molecule has 1 heterocycles. The van der Waals surface area contributed by atoms with E-state index in [2.05, 4.69) is 29.4 Å². The summed E-state index contributed by atoms with van der Waals surface area (Å²) in [7, 11) is 0. The van der Waals surface area contributed by atoms with Crippen molar-refractivity contribution in [2.24, 2.45) is 5.41 Å². The molecule has 3 atom stereocenters. The predicted octanol–water partition coefficient (Wildman–Crippen LogP) is 4.47. The van der Waals surface area contributed by atoms with Crippen molar-refractivity contribution in [3.63, 3.8) is 0 Å². The number of fused-ring (bicyclic) bond motifs is 5. The van der Waals surface area contributed by atoms with E-state index >= 15 is 0 Å². The Bertz CT molecular complexity index is 974. The lowest BCUT2D eigenvalue weighted by Crippen LogP contribution is -2.46. The van der Waals surface area contributed by atoms with Crippen LogP contribution in [-0.4, -0.2) is 28.8 Å². The van der Waals surface area contributed by atoms with E-state index in [0.717, 1.165) is 18.4 Å². The van der Waals surface area contributed by atoms with Gasteiger partial charge in [-0.3, -0.25) is 4.79 Å². The summed E-state index contributed by atoms with van der Waals surface area (Å²) in [6.07, 6.45) is 1.53. The van der Waals surface area contributed by atoms with Crippen LogP contribution in [0.15, 0.2) is 24.3 Å². The highest BCUT2D eigenvalue weighted by atomic mass is 19.1. The Kier molecular flexibility index (Phi) is 5.12. The Balaban J connectivity index is 1.78. The lowest BCUT2D eigenvalue weighted by atomic mass is 9.77. The van der Waals surface area contributed by atoms with E-state index < -0.39 is 23.3 Å². The summed E-state index contributed by atoms with van der Waals surface area (Å²) >= 11 is 0. The second-order valence-electron chi connectivity index (χ2n) is 8.68. The van der Waals surface area contributed by atoms with Gasteiger partial charge in [0.15, 0.2) is 0 Å². The standard InChI is InChI=1S/C23H27F2N3O2/c1-5-18(21(29)26-6-2)30-23-11-10-14(22(23,3)4)13-12-17(27-28-20(13)23)19-15(24)8-7-9-16(19)25/h7-9,12,14,18H,5-6,10-11H2,1-4H3,(H,26,29)/t14-,18?,23-/m0/s1. The number of carbonyl (C=O) groups is 1. The fourth-order valence-corrected chi connectivity index (χ4v) is 5.25. The van der Waals surface area contributed by atoms with Gasteiger partial charge in [-0.25, -0.2) is 8.78 Å². The van der Waals surface area contributed by atoms with Crippen LogP contribution in [0.1, 0.15) is 64.1 Å². The number of hydrogen-bond acceptors (Lipinski definition) is 4. The molecule has 1 aromatic heterocycles. The average Bonchev–Trinajstić information content (AvgIpc) is 3.06. The van der Waals surface area contributed by atoms with Gasteiger partial charge in [-0.05, 0) is 55.9 Å². The third-order valence-electron chi connectivity index (χ3n) is 6.85. The average molecular weight is 415 g/mol. The van der Waals surface area contributed by atoms with Crippen LogP contribution >= 0.6 is 0 Å². The number of likely N-dealkylation sites (N-methyl/N-ethyl adjacent to an activating group) is 1. The first-order chi connectivity index (χ1) is 14.3. The maximum absolute atomic E-state index is 14.3. The van der Waals surface area contributed by atoms with E-state index in [9.17, 15) is 13.6 Å². The minimum absolute atomic E-state index is 0.114. The Labute approximate surface area is 175 Å². The number of halogens is 2. The fraction of sp³-hybridized carbons (Fsp3) is 0.522. The molecule has 0 saturated heterocycles. The van der Waals surface area contributed by atoms with Crippen LogP contribution in [0, 0.1) is 17.0 Å². The molecule has 1 saturated carbocycles. The zero-order chi connectivity index (χ0) is 21.7. The molecule has 0 radical (unpaired) electrons. The molecule has 1 unspecified atom stereocenters. The SMILES string of the molecule is CCNC(=O)C(CC)O[C@@]12CC[C@@H](c3cc(-c4c(F)cccc4F)nnc31)C2(C)C. The number of carbonyl (C=O) groups excluding carboxylic acids is 1. The summed E-state index contributed by atoms with van der Waals surface area (Å²) < 4.78 is 35.1. The molecule has 1 amide bonds. The number of rotatable bonds is 6. The van der Waals surface area contributed by atoms with Crippen molar-refractivity contribution in [2.45, 2.75) is 64.6 Å². The maximum Gasteiger partial charge on any atom is 0.249 e. The largest absolute Gasteiger partial charge is 0.355 e. The number of nitrogens with zero attached hydrogens (tertiary/aromatic N) is 2. The zero-order valence-electron chi connectivity index (χ0n) is 17.8. The summed E-state index contributed by atoms with van der Waals surface area (Å²) in [6, 6.07) is 5.50. The molecule has 2 aliphatic rings. The molecule has 1 aromatic carbocycles. The van der Waals surface area contributed by atoms with Gasteiger partial charge >= 0.3 is 0 Å². The number of amides is 1. The third kappa shape index (κ3) is 2.86. The smallest absolute Gasteiger partial charge is 0.249 e. The summed E-state index contributed by atoms with van der Waals surface area (Å²) in [4.78, 5) is 12.5. The summed E-state index contributed by atoms with van der Waals surface area (Å²) in [5, 5.41) is 11.4. The highest BCUT2D eigenvalue weighted by Crippen LogP contribution is 2.68. The van der Waals surface area contributed by atoms with Crippen molar-refractivity contribution >= 4 is 5.91 Å². The van der Waals surface area contributed by atoms with Crippen LogP contribution in [0.5, 0.6) is 0 Å².